The topological polar surface area (TPSA) is 81.6 Å². The first-order valence-corrected chi connectivity index (χ1v) is 6.11. The molecule has 0 saturated heterocycles. The number of ether oxygens (including phenoxy) is 1. The predicted octanol–water partition coefficient (Wildman–Crippen LogP) is 0.807. The van der Waals surface area contributed by atoms with E-state index in [1.165, 1.54) is 11.9 Å². The Morgan fingerprint density at radius 3 is 2.89 bits per heavy atom. The van der Waals surface area contributed by atoms with Crippen LogP contribution in [0.1, 0.15) is 24.9 Å². The van der Waals surface area contributed by atoms with Crippen LogP contribution < -0.4 is 16.3 Å². The Balaban J connectivity index is 2.37. The Morgan fingerprint density at radius 1 is 1.50 bits per heavy atom. The van der Waals surface area contributed by atoms with E-state index in [0.29, 0.717) is 13.2 Å². The summed E-state index contributed by atoms with van der Waals surface area (Å²) in [6.45, 7) is 2.57. The zero-order valence-electron chi connectivity index (χ0n) is 10.5. The van der Waals surface area contributed by atoms with Crippen LogP contribution >= 0.6 is 0 Å². The summed E-state index contributed by atoms with van der Waals surface area (Å²) in [6.07, 6.45) is 0.778. The minimum atomic E-state index is -0.156. The number of hydrogen-bond donors (Lipinski definition) is 2. The fraction of sp³-hybridized carbons (Fsp3) is 0.462. The molecule has 1 heterocycles. The highest BCUT2D eigenvalue weighted by molar-refractivity contribution is 5.73. The van der Waals surface area contributed by atoms with Crippen molar-refractivity contribution in [1.82, 2.24) is 5.01 Å². The van der Waals surface area contributed by atoms with Gasteiger partial charge in [0.25, 0.3) is 0 Å². The molecule has 2 atom stereocenters. The van der Waals surface area contributed by atoms with Crippen molar-refractivity contribution in [2.24, 2.45) is 17.5 Å². The molecule has 0 bridgehead atoms. The van der Waals surface area contributed by atoms with Gasteiger partial charge >= 0.3 is 0 Å². The lowest BCUT2D eigenvalue weighted by Crippen LogP contribution is -2.46. The summed E-state index contributed by atoms with van der Waals surface area (Å²) in [5, 5.41) is 1.29. The molecule has 0 spiro atoms. The first kappa shape index (κ1) is 12.9. The van der Waals surface area contributed by atoms with Gasteiger partial charge in [-0.15, -0.1) is 0 Å². The molecule has 1 aliphatic heterocycles. The van der Waals surface area contributed by atoms with Crippen LogP contribution in [0.3, 0.4) is 0 Å². The molecule has 1 aliphatic rings. The number of rotatable bonds is 3. The normalized spacial score (nSPS) is 21.9. The number of hydrogen-bond acceptors (Lipinski definition) is 4. The third kappa shape index (κ3) is 2.32. The van der Waals surface area contributed by atoms with Crippen LogP contribution in [-0.4, -0.2) is 24.1 Å². The molecule has 0 aliphatic carbocycles. The van der Waals surface area contributed by atoms with E-state index in [0.717, 1.165) is 17.7 Å². The summed E-state index contributed by atoms with van der Waals surface area (Å²) >= 11 is 0. The fourth-order valence-corrected chi connectivity index (χ4v) is 2.43. The Morgan fingerprint density at radius 2 is 2.22 bits per heavy atom. The highest BCUT2D eigenvalue weighted by Crippen LogP contribution is 2.39. The minimum Gasteiger partial charge on any atom is -0.493 e. The van der Waals surface area contributed by atoms with Crippen LogP contribution in [0.15, 0.2) is 24.3 Å². The highest BCUT2D eigenvalue weighted by atomic mass is 16.5. The number of fused-ring (bicyclic) bond motifs is 1. The van der Waals surface area contributed by atoms with E-state index in [1.807, 2.05) is 24.3 Å². The van der Waals surface area contributed by atoms with Crippen molar-refractivity contribution in [3.63, 3.8) is 0 Å². The number of nitrogens with two attached hydrogens (primary N) is 2. The van der Waals surface area contributed by atoms with Gasteiger partial charge in [0, 0.05) is 18.4 Å². The molecule has 2 unspecified atom stereocenters. The number of para-hydroxylation sites is 1. The van der Waals surface area contributed by atoms with Crippen molar-refractivity contribution in [3.8, 4) is 5.75 Å². The molecular formula is C13H19N3O2. The maximum Gasteiger partial charge on any atom is 0.233 e. The van der Waals surface area contributed by atoms with Gasteiger partial charge in [-0.25, -0.2) is 5.84 Å². The molecule has 0 radical (unpaired) electrons. The monoisotopic (exact) mass is 249 g/mol. The Hall–Kier alpha value is -1.59. The van der Waals surface area contributed by atoms with E-state index in [2.05, 4.69) is 0 Å². The van der Waals surface area contributed by atoms with Gasteiger partial charge in [0.05, 0.1) is 12.6 Å². The standard InChI is InChI=1S/C13H19N3O2/c1-9(17)16(15)13-10(6-7-14)8-18-12-5-3-2-4-11(12)13/h2-5,10,13H,6-8,14-15H2,1H3. The lowest BCUT2D eigenvalue weighted by Gasteiger charge is -2.38. The molecule has 1 amide bonds. The second-order valence-electron chi connectivity index (χ2n) is 4.56. The number of hydrazine groups is 1. The van der Waals surface area contributed by atoms with Crippen LogP contribution in [0, 0.1) is 5.92 Å². The third-order valence-corrected chi connectivity index (χ3v) is 3.34. The maximum absolute atomic E-state index is 11.5. The van der Waals surface area contributed by atoms with E-state index < -0.39 is 0 Å². The second-order valence-corrected chi connectivity index (χ2v) is 4.56. The zero-order chi connectivity index (χ0) is 13.1. The number of nitrogens with zero attached hydrogens (tertiary/aromatic N) is 1. The first-order chi connectivity index (χ1) is 8.65. The lowest BCUT2D eigenvalue weighted by atomic mass is 9.88. The van der Waals surface area contributed by atoms with E-state index in [4.69, 9.17) is 16.3 Å². The highest BCUT2D eigenvalue weighted by Gasteiger charge is 2.34. The van der Waals surface area contributed by atoms with Crippen molar-refractivity contribution in [2.75, 3.05) is 13.2 Å². The summed E-state index contributed by atoms with van der Waals surface area (Å²) in [5.41, 5.74) is 6.58. The number of amides is 1. The SMILES string of the molecule is CC(=O)N(N)C1c2ccccc2OCC1CCN. The van der Waals surface area contributed by atoms with Crippen molar-refractivity contribution in [2.45, 2.75) is 19.4 Å². The second kappa shape index (κ2) is 5.37. The molecular weight excluding hydrogens is 230 g/mol. The van der Waals surface area contributed by atoms with Crippen LogP contribution in [0.2, 0.25) is 0 Å². The van der Waals surface area contributed by atoms with Crippen molar-refractivity contribution in [3.05, 3.63) is 29.8 Å². The van der Waals surface area contributed by atoms with Gasteiger partial charge in [-0.1, -0.05) is 18.2 Å². The van der Waals surface area contributed by atoms with E-state index >= 15 is 0 Å². The molecule has 5 nitrogen and oxygen atoms in total. The summed E-state index contributed by atoms with van der Waals surface area (Å²) in [5.74, 6) is 6.70. The summed E-state index contributed by atoms with van der Waals surface area (Å²) in [6, 6.07) is 7.53. The summed E-state index contributed by atoms with van der Waals surface area (Å²) < 4.78 is 5.70. The van der Waals surface area contributed by atoms with Gasteiger partial charge in [-0.3, -0.25) is 9.80 Å². The van der Waals surface area contributed by atoms with Crippen molar-refractivity contribution < 1.29 is 9.53 Å². The average molecular weight is 249 g/mol. The molecule has 1 aromatic rings. The summed E-state index contributed by atoms with van der Waals surface area (Å²) in [7, 11) is 0. The average Bonchev–Trinajstić information content (AvgIpc) is 2.38. The van der Waals surface area contributed by atoms with Gasteiger partial charge in [0.1, 0.15) is 5.75 Å². The number of benzene rings is 1. The molecule has 0 fully saturated rings. The van der Waals surface area contributed by atoms with Crippen molar-refractivity contribution in [1.29, 1.82) is 0 Å². The van der Waals surface area contributed by atoms with Gasteiger partial charge in [0.2, 0.25) is 5.91 Å². The minimum absolute atomic E-state index is 0.138. The van der Waals surface area contributed by atoms with Crippen LogP contribution in [0.25, 0.3) is 0 Å². The zero-order valence-corrected chi connectivity index (χ0v) is 10.5. The van der Waals surface area contributed by atoms with Crippen LogP contribution in [0.5, 0.6) is 5.75 Å². The number of carbonyl (C=O) groups excluding carboxylic acids is 1. The molecule has 2 rings (SSSR count). The molecule has 1 aromatic carbocycles. The van der Waals surface area contributed by atoms with E-state index in [1.54, 1.807) is 0 Å². The van der Waals surface area contributed by atoms with Gasteiger partial charge in [-0.05, 0) is 19.0 Å². The third-order valence-electron chi connectivity index (χ3n) is 3.34. The summed E-state index contributed by atoms with van der Waals surface area (Å²) in [4.78, 5) is 11.5. The predicted molar refractivity (Wildman–Crippen MR) is 68.5 cm³/mol. The first-order valence-electron chi connectivity index (χ1n) is 6.11. The maximum atomic E-state index is 11.5. The van der Waals surface area contributed by atoms with Crippen LogP contribution in [0.4, 0.5) is 0 Å². The fourth-order valence-electron chi connectivity index (χ4n) is 2.43. The van der Waals surface area contributed by atoms with Gasteiger partial charge in [-0.2, -0.15) is 0 Å². The molecule has 98 valence electrons. The van der Waals surface area contributed by atoms with E-state index in [9.17, 15) is 4.79 Å². The van der Waals surface area contributed by atoms with Gasteiger partial charge in [0.15, 0.2) is 0 Å². The number of carbonyl (C=O) groups is 1. The van der Waals surface area contributed by atoms with Crippen LogP contribution in [-0.2, 0) is 4.79 Å². The molecule has 0 saturated carbocycles. The quantitative estimate of drug-likeness (QED) is 0.472. The smallest absolute Gasteiger partial charge is 0.233 e. The molecule has 5 heteroatoms. The largest absolute Gasteiger partial charge is 0.493 e. The van der Waals surface area contributed by atoms with E-state index in [-0.39, 0.29) is 17.9 Å². The van der Waals surface area contributed by atoms with Crippen molar-refractivity contribution >= 4 is 5.91 Å². The molecule has 4 N–H and O–H groups in total. The molecule has 18 heavy (non-hydrogen) atoms. The lowest BCUT2D eigenvalue weighted by molar-refractivity contribution is -0.133. The van der Waals surface area contributed by atoms with Gasteiger partial charge < -0.3 is 10.5 Å². The Kier molecular flexibility index (Phi) is 3.84. The Labute approximate surface area is 107 Å². The Bertz CT molecular complexity index is 436. The molecule has 0 aromatic heterocycles.